The van der Waals surface area contributed by atoms with E-state index in [1.54, 1.807) is 0 Å². The Bertz CT molecular complexity index is 167. The van der Waals surface area contributed by atoms with Crippen molar-refractivity contribution in [1.82, 2.24) is 0 Å². The third-order valence-electron chi connectivity index (χ3n) is 2.91. The van der Waals surface area contributed by atoms with Crippen molar-refractivity contribution >= 4 is 0 Å². The Labute approximate surface area is 75.2 Å². The molecule has 0 amide bonds. The molecule has 1 rings (SSSR count). The molecule has 1 aliphatic rings. The Morgan fingerprint density at radius 1 is 1.33 bits per heavy atom. The number of hydrogen-bond donors (Lipinski definition) is 2. The number of nitrogens with two attached hydrogens (primary N) is 1. The summed E-state index contributed by atoms with van der Waals surface area (Å²) in [5.74, 6) is 0. The van der Waals surface area contributed by atoms with Gasteiger partial charge in [-0.15, -0.1) is 0 Å². The minimum atomic E-state index is -0.151. The molecule has 0 saturated heterocycles. The van der Waals surface area contributed by atoms with Gasteiger partial charge in [-0.1, -0.05) is 20.8 Å². The normalized spacial score (nSPS) is 41.2. The van der Waals surface area contributed by atoms with Gasteiger partial charge in [0, 0.05) is 0 Å². The molecule has 1 aliphatic carbocycles. The topological polar surface area (TPSA) is 46.2 Å². The van der Waals surface area contributed by atoms with Crippen molar-refractivity contribution < 1.29 is 5.11 Å². The van der Waals surface area contributed by atoms with E-state index in [0.29, 0.717) is 6.54 Å². The van der Waals surface area contributed by atoms with E-state index in [1.807, 2.05) is 0 Å². The molecule has 1 saturated carbocycles. The molecule has 0 aliphatic heterocycles. The van der Waals surface area contributed by atoms with Gasteiger partial charge in [0.15, 0.2) is 0 Å². The number of hydrogen-bond acceptors (Lipinski definition) is 2. The van der Waals surface area contributed by atoms with Crippen LogP contribution in [0, 0.1) is 10.8 Å². The summed E-state index contributed by atoms with van der Waals surface area (Å²) in [6, 6.07) is 0. The molecule has 0 bridgehead atoms. The second kappa shape index (κ2) is 3.00. The summed E-state index contributed by atoms with van der Waals surface area (Å²) in [7, 11) is 0. The Morgan fingerprint density at radius 2 is 1.92 bits per heavy atom. The smallest absolute Gasteiger partial charge is 0.0551 e. The molecule has 0 unspecified atom stereocenters. The van der Waals surface area contributed by atoms with Crippen LogP contribution in [0.25, 0.3) is 0 Å². The SMILES string of the molecule is CC1(C)C[C@H](O)C[C@@](C)(CN)C1. The molecule has 1 fully saturated rings. The van der Waals surface area contributed by atoms with Crippen LogP contribution in [0.2, 0.25) is 0 Å². The highest BCUT2D eigenvalue weighted by Crippen LogP contribution is 2.45. The zero-order chi connectivity index (χ0) is 9.41. The van der Waals surface area contributed by atoms with Crippen LogP contribution >= 0.6 is 0 Å². The summed E-state index contributed by atoms with van der Waals surface area (Å²) in [5, 5.41) is 9.66. The molecule has 0 heterocycles. The third-order valence-corrected chi connectivity index (χ3v) is 2.91. The second-order valence-electron chi connectivity index (χ2n) is 5.42. The molecule has 12 heavy (non-hydrogen) atoms. The number of aliphatic hydroxyl groups is 1. The quantitative estimate of drug-likeness (QED) is 0.628. The molecule has 2 heteroatoms. The summed E-state index contributed by atoms with van der Waals surface area (Å²) in [5.41, 5.74) is 6.12. The van der Waals surface area contributed by atoms with Gasteiger partial charge in [0.2, 0.25) is 0 Å². The van der Waals surface area contributed by atoms with Crippen molar-refractivity contribution in [3.8, 4) is 0 Å². The summed E-state index contributed by atoms with van der Waals surface area (Å²) < 4.78 is 0. The van der Waals surface area contributed by atoms with Gasteiger partial charge in [-0.05, 0) is 36.6 Å². The van der Waals surface area contributed by atoms with Crippen molar-refractivity contribution in [2.75, 3.05) is 6.54 Å². The monoisotopic (exact) mass is 171 g/mol. The fourth-order valence-corrected chi connectivity index (χ4v) is 2.73. The van der Waals surface area contributed by atoms with E-state index >= 15 is 0 Å². The van der Waals surface area contributed by atoms with E-state index in [4.69, 9.17) is 5.73 Å². The van der Waals surface area contributed by atoms with Crippen molar-refractivity contribution in [2.24, 2.45) is 16.6 Å². The summed E-state index contributed by atoms with van der Waals surface area (Å²) in [6.45, 7) is 7.29. The van der Waals surface area contributed by atoms with Gasteiger partial charge in [-0.25, -0.2) is 0 Å². The van der Waals surface area contributed by atoms with E-state index in [0.717, 1.165) is 19.3 Å². The Kier molecular flexibility index (Phi) is 2.50. The third kappa shape index (κ3) is 2.20. The van der Waals surface area contributed by atoms with Crippen LogP contribution in [0.1, 0.15) is 40.0 Å². The maximum Gasteiger partial charge on any atom is 0.0551 e. The molecule has 2 atom stereocenters. The minimum absolute atomic E-state index is 0.151. The first-order valence-corrected chi connectivity index (χ1v) is 4.75. The van der Waals surface area contributed by atoms with Crippen LogP contribution in [-0.4, -0.2) is 17.8 Å². The average molecular weight is 171 g/mol. The van der Waals surface area contributed by atoms with Crippen LogP contribution < -0.4 is 5.73 Å². The maximum atomic E-state index is 9.66. The van der Waals surface area contributed by atoms with Crippen molar-refractivity contribution in [2.45, 2.75) is 46.1 Å². The minimum Gasteiger partial charge on any atom is -0.393 e. The lowest BCUT2D eigenvalue weighted by molar-refractivity contribution is -0.00501. The van der Waals surface area contributed by atoms with Crippen molar-refractivity contribution in [3.05, 3.63) is 0 Å². The maximum absolute atomic E-state index is 9.66. The summed E-state index contributed by atoms with van der Waals surface area (Å²) in [6.07, 6.45) is 2.77. The molecule has 0 aromatic carbocycles. The van der Waals surface area contributed by atoms with Gasteiger partial charge in [-0.2, -0.15) is 0 Å². The van der Waals surface area contributed by atoms with E-state index in [9.17, 15) is 5.11 Å². The molecular weight excluding hydrogens is 150 g/mol. The lowest BCUT2D eigenvalue weighted by Crippen LogP contribution is -2.42. The van der Waals surface area contributed by atoms with Crippen LogP contribution in [0.15, 0.2) is 0 Å². The highest BCUT2D eigenvalue weighted by Gasteiger charge is 2.39. The molecule has 72 valence electrons. The molecule has 0 radical (unpaired) electrons. The molecule has 3 N–H and O–H groups in total. The van der Waals surface area contributed by atoms with Crippen LogP contribution in [0.4, 0.5) is 0 Å². The summed E-state index contributed by atoms with van der Waals surface area (Å²) >= 11 is 0. The molecular formula is C10H21NO. The number of rotatable bonds is 1. The Balaban J connectivity index is 2.70. The fourth-order valence-electron chi connectivity index (χ4n) is 2.73. The Hall–Kier alpha value is -0.0800. The van der Waals surface area contributed by atoms with Gasteiger partial charge >= 0.3 is 0 Å². The van der Waals surface area contributed by atoms with E-state index < -0.39 is 0 Å². The van der Waals surface area contributed by atoms with E-state index in [-0.39, 0.29) is 16.9 Å². The van der Waals surface area contributed by atoms with Gasteiger partial charge in [0.05, 0.1) is 6.10 Å². The zero-order valence-corrected chi connectivity index (χ0v) is 8.43. The van der Waals surface area contributed by atoms with E-state index in [1.165, 1.54) is 0 Å². The molecule has 2 nitrogen and oxygen atoms in total. The zero-order valence-electron chi connectivity index (χ0n) is 8.43. The first-order chi connectivity index (χ1) is 5.37. The molecule has 0 aromatic heterocycles. The highest BCUT2D eigenvalue weighted by molar-refractivity contribution is 4.91. The van der Waals surface area contributed by atoms with Crippen LogP contribution in [-0.2, 0) is 0 Å². The lowest BCUT2D eigenvalue weighted by atomic mass is 9.63. The first-order valence-electron chi connectivity index (χ1n) is 4.75. The molecule has 0 spiro atoms. The van der Waals surface area contributed by atoms with Gasteiger partial charge in [0.25, 0.3) is 0 Å². The van der Waals surface area contributed by atoms with Gasteiger partial charge in [0.1, 0.15) is 0 Å². The Morgan fingerprint density at radius 3 is 2.33 bits per heavy atom. The standard InChI is InChI=1S/C10H21NO/c1-9(2)4-8(12)5-10(3,6-9)7-11/h8,12H,4-7,11H2,1-3H3/t8-,10+/m0/s1. The van der Waals surface area contributed by atoms with Crippen molar-refractivity contribution in [3.63, 3.8) is 0 Å². The summed E-state index contributed by atoms with van der Waals surface area (Å²) in [4.78, 5) is 0. The predicted molar refractivity (Wildman–Crippen MR) is 50.8 cm³/mol. The van der Waals surface area contributed by atoms with Crippen LogP contribution in [0.5, 0.6) is 0 Å². The van der Waals surface area contributed by atoms with Gasteiger partial charge in [-0.3, -0.25) is 0 Å². The lowest BCUT2D eigenvalue weighted by Gasteiger charge is -2.44. The predicted octanol–water partition coefficient (Wildman–Crippen LogP) is 1.52. The van der Waals surface area contributed by atoms with E-state index in [2.05, 4.69) is 20.8 Å². The number of aliphatic hydroxyl groups excluding tert-OH is 1. The first kappa shape index (κ1) is 10.0. The molecule has 0 aromatic rings. The largest absolute Gasteiger partial charge is 0.393 e. The highest BCUT2D eigenvalue weighted by atomic mass is 16.3. The van der Waals surface area contributed by atoms with Crippen molar-refractivity contribution in [1.29, 1.82) is 0 Å². The van der Waals surface area contributed by atoms with Gasteiger partial charge < -0.3 is 10.8 Å². The van der Waals surface area contributed by atoms with Crippen LogP contribution in [0.3, 0.4) is 0 Å². The average Bonchev–Trinajstić information content (AvgIpc) is 1.82. The fraction of sp³-hybridized carbons (Fsp3) is 1.00. The second-order valence-corrected chi connectivity index (χ2v) is 5.42.